The van der Waals surface area contributed by atoms with E-state index >= 15 is 0 Å². The molecular weight excluding hydrogens is 210 g/mol. The normalized spacial score (nSPS) is 12.4. The molecule has 0 amide bonds. The molecule has 3 heteroatoms. The van der Waals surface area contributed by atoms with Crippen molar-refractivity contribution in [2.75, 3.05) is 5.73 Å². The van der Waals surface area contributed by atoms with Crippen molar-refractivity contribution in [2.24, 2.45) is 0 Å². The first kappa shape index (κ1) is 11.6. The number of hydrogen-bond acceptors (Lipinski definition) is 3. The van der Waals surface area contributed by atoms with Gasteiger partial charge in [0.1, 0.15) is 11.6 Å². The Bertz CT molecular complexity index is 497. The average Bonchev–Trinajstić information content (AvgIpc) is 2.35. The summed E-state index contributed by atoms with van der Waals surface area (Å²) in [6, 6.07) is 10.2. The highest BCUT2D eigenvalue weighted by Gasteiger charge is 2.13. The SMILES string of the molecule is Cc1nc(C(C)c2ccccc2)nc(N)c1C. The number of aryl methyl sites for hydroxylation is 1. The van der Waals surface area contributed by atoms with Gasteiger partial charge in [-0.3, -0.25) is 0 Å². The lowest BCUT2D eigenvalue weighted by molar-refractivity contribution is 0.804. The molecule has 0 radical (unpaired) electrons. The molecule has 17 heavy (non-hydrogen) atoms. The van der Waals surface area contributed by atoms with Crippen LogP contribution in [0.1, 0.15) is 35.5 Å². The summed E-state index contributed by atoms with van der Waals surface area (Å²) in [5.41, 5.74) is 9.01. The van der Waals surface area contributed by atoms with Crippen molar-refractivity contribution in [2.45, 2.75) is 26.7 Å². The molecule has 3 nitrogen and oxygen atoms in total. The number of aromatic nitrogens is 2. The number of nitrogens with two attached hydrogens (primary N) is 1. The van der Waals surface area contributed by atoms with E-state index in [0.717, 1.165) is 17.1 Å². The Kier molecular flexibility index (Phi) is 3.09. The van der Waals surface area contributed by atoms with Crippen molar-refractivity contribution in [1.82, 2.24) is 9.97 Å². The monoisotopic (exact) mass is 227 g/mol. The lowest BCUT2D eigenvalue weighted by atomic mass is 10.0. The molecule has 0 aliphatic carbocycles. The van der Waals surface area contributed by atoms with E-state index < -0.39 is 0 Å². The number of rotatable bonds is 2. The molecule has 88 valence electrons. The van der Waals surface area contributed by atoms with Gasteiger partial charge in [-0.1, -0.05) is 37.3 Å². The first-order valence-corrected chi connectivity index (χ1v) is 5.75. The zero-order chi connectivity index (χ0) is 12.4. The summed E-state index contributed by atoms with van der Waals surface area (Å²) in [5, 5.41) is 0. The van der Waals surface area contributed by atoms with Gasteiger partial charge >= 0.3 is 0 Å². The fraction of sp³-hybridized carbons (Fsp3) is 0.286. The molecule has 1 atom stereocenters. The first-order valence-electron chi connectivity index (χ1n) is 5.75. The molecule has 2 N–H and O–H groups in total. The molecule has 2 rings (SSSR count). The van der Waals surface area contributed by atoms with Crippen LogP contribution in [0.5, 0.6) is 0 Å². The Morgan fingerprint density at radius 2 is 1.71 bits per heavy atom. The summed E-state index contributed by atoms with van der Waals surface area (Å²) in [7, 11) is 0. The van der Waals surface area contributed by atoms with E-state index in [-0.39, 0.29) is 5.92 Å². The lowest BCUT2D eigenvalue weighted by Gasteiger charge is -2.13. The lowest BCUT2D eigenvalue weighted by Crippen LogP contribution is -2.08. The summed E-state index contributed by atoms with van der Waals surface area (Å²) < 4.78 is 0. The molecule has 0 bridgehead atoms. The fourth-order valence-electron chi connectivity index (χ4n) is 1.76. The van der Waals surface area contributed by atoms with Crippen LogP contribution in [-0.4, -0.2) is 9.97 Å². The minimum atomic E-state index is 0.165. The summed E-state index contributed by atoms with van der Waals surface area (Å²) in [6.45, 7) is 6.01. The molecule has 0 aliphatic heterocycles. The van der Waals surface area contributed by atoms with Crippen LogP contribution in [0.4, 0.5) is 5.82 Å². The number of nitrogens with zero attached hydrogens (tertiary/aromatic N) is 2. The predicted molar refractivity (Wildman–Crippen MR) is 69.9 cm³/mol. The van der Waals surface area contributed by atoms with Gasteiger partial charge in [-0.2, -0.15) is 0 Å². The fourth-order valence-corrected chi connectivity index (χ4v) is 1.76. The highest BCUT2D eigenvalue weighted by atomic mass is 15.0. The van der Waals surface area contributed by atoms with Crippen LogP contribution in [0.2, 0.25) is 0 Å². The van der Waals surface area contributed by atoms with Crippen molar-refractivity contribution >= 4 is 5.82 Å². The van der Waals surface area contributed by atoms with Gasteiger partial charge in [0.2, 0.25) is 0 Å². The van der Waals surface area contributed by atoms with Crippen molar-refractivity contribution in [1.29, 1.82) is 0 Å². The van der Waals surface area contributed by atoms with E-state index in [2.05, 4.69) is 29.0 Å². The number of anilines is 1. The van der Waals surface area contributed by atoms with E-state index in [4.69, 9.17) is 5.73 Å². The smallest absolute Gasteiger partial charge is 0.138 e. The van der Waals surface area contributed by atoms with Gasteiger partial charge in [0.05, 0.1) is 0 Å². The molecular formula is C14H17N3. The first-order chi connectivity index (χ1) is 8.09. The topological polar surface area (TPSA) is 51.8 Å². The van der Waals surface area contributed by atoms with Crippen LogP contribution in [-0.2, 0) is 0 Å². The Morgan fingerprint density at radius 3 is 2.29 bits per heavy atom. The van der Waals surface area contributed by atoms with Gasteiger partial charge in [0.15, 0.2) is 0 Å². The van der Waals surface area contributed by atoms with E-state index in [1.165, 1.54) is 5.56 Å². The maximum Gasteiger partial charge on any atom is 0.138 e. The predicted octanol–water partition coefficient (Wildman–Crippen LogP) is 2.83. The Morgan fingerprint density at radius 1 is 1.06 bits per heavy atom. The van der Waals surface area contributed by atoms with E-state index in [1.54, 1.807) is 0 Å². The molecule has 1 heterocycles. The minimum absolute atomic E-state index is 0.165. The Hall–Kier alpha value is -1.90. The van der Waals surface area contributed by atoms with E-state index in [9.17, 15) is 0 Å². The largest absolute Gasteiger partial charge is 0.383 e. The maximum atomic E-state index is 5.89. The molecule has 0 aliphatic rings. The minimum Gasteiger partial charge on any atom is -0.383 e. The van der Waals surface area contributed by atoms with Crippen molar-refractivity contribution in [3.05, 3.63) is 53.0 Å². The van der Waals surface area contributed by atoms with Crippen LogP contribution in [0.25, 0.3) is 0 Å². The molecule has 0 saturated carbocycles. The molecule has 0 spiro atoms. The van der Waals surface area contributed by atoms with Gasteiger partial charge in [-0.25, -0.2) is 9.97 Å². The maximum absolute atomic E-state index is 5.89. The molecule has 1 unspecified atom stereocenters. The van der Waals surface area contributed by atoms with Gasteiger partial charge in [-0.15, -0.1) is 0 Å². The highest BCUT2D eigenvalue weighted by molar-refractivity contribution is 5.41. The van der Waals surface area contributed by atoms with Crippen molar-refractivity contribution < 1.29 is 0 Å². The summed E-state index contributed by atoms with van der Waals surface area (Å²) in [4.78, 5) is 8.90. The third-order valence-electron chi connectivity index (χ3n) is 3.13. The zero-order valence-electron chi connectivity index (χ0n) is 10.4. The number of hydrogen-bond donors (Lipinski definition) is 1. The standard InChI is InChI=1S/C14H17N3/c1-9-11(3)16-14(17-13(9)15)10(2)12-7-5-4-6-8-12/h4-8,10H,1-3H3,(H2,15,16,17). The number of benzene rings is 1. The quantitative estimate of drug-likeness (QED) is 0.858. The Labute approximate surface area is 102 Å². The highest BCUT2D eigenvalue weighted by Crippen LogP contribution is 2.23. The third kappa shape index (κ3) is 2.28. The second kappa shape index (κ2) is 4.53. The van der Waals surface area contributed by atoms with Gasteiger partial charge in [-0.05, 0) is 19.4 Å². The average molecular weight is 227 g/mol. The third-order valence-corrected chi connectivity index (χ3v) is 3.13. The van der Waals surface area contributed by atoms with Crippen molar-refractivity contribution in [3.8, 4) is 0 Å². The molecule has 0 saturated heterocycles. The van der Waals surface area contributed by atoms with Crippen LogP contribution in [0, 0.1) is 13.8 Å². The van der Waals surface area contributed by atoms with Crippen molar-refractivity contribution in [3.63, 3.8) is 0 Å². The second-order valence-electron chi connectivity index (χ2n) is 4.31. The summed E-state index contributed by atoms with van der Waals surface area (Å²) in [5.74, 6) is 1.53. The van der Waals surface area contributed by atoms with Gasteiger partial charge in [0, 0.05) is 17.2 Å². The molecule has 2 aromatic rings. The zero-order valence-corrected chi connectivity index (χ0v) is 10.4. The van der Waals surface area contributed by atoms with Gasteiger partial charge < -0.3 is 5.73 Å². The molecule has 0 fully saturated rings. The second-order valence-corrected chi connectivity index (χ2v) is 4.31. The Balaban J connectivity index is 2.41. The van der Waals surface area contributed by atoms with Crippen LogP contribution >= 0.6 is 0 Å². The van der Waals surface area contributed by atoms with Gasteiger partial charge in [0.25, 0.3) is 0 Å². The van der Waals surface area contributed by atoms with Crippen LogP contribution in [0.3, 0.4) is 0 Å². The summed E-state index contributed by atoms with van der Waals surface area (Å²) >= 11 is 0. The van der Waals surface area contributed by atoms with Crippen LogP contribution < -0.4 is 5.73 Å². The van der Waals surface area contributed by atoms with E-state index in [0.29, 0.717) is 5.82 Å². The number of nitrogen functional groups attached to an aromatic ring is 1. The van der Waals surface area contributed by atoms with Crippen LogP contribution in [0.15, 0.2) is 30.3 Å². The molecule has 1 aromatic carbocycles. The van der Waals surface area contributed by atoms with E-state index in [1.807, 2.05) is 32.0 Å². The summed E-state index contributed by atoms with van der Waals surface area (Å²) in [6.07, 6.45) is 0. The molecule has 1 aromatic heterocycles.